The molecule has 3 atom stereocenters. The van der Waals surface area contributed by atoms with Crippen LogP contribution in [-0.4, -0.2) is 42.5 Å². The summed E-state index contributed by atoms with van der Waals surface area (Å²) in [4.78, 5) is 13.4. The van der Waals surface area contributed by atoms with Gasteiger partial charge in [-0.2, -0.15) is 0 Å². The Hall–Kier alpha value is -0.610. The van der Waals surface area contributed by atoms with Crippen molar-refractivity contribution in [3.05, 3.63) is 0 Å². The van der Waals surface area contributed by atoms with E-state index in [-0.39, 0.29) is 11.9 Å². The molecule has 0 saturated carbocycles. The van der Waals surface area contributed by atoms with Crippen LogP contribution in [0.25, 0.3) is 0 Å². The highest BCUT2D eigenvalue weighted by atomic mass is 16.1. The summed E-state index contributed by atoms with van der Waals surface area (Å²) in [7, 11) is 0. The highest BCUT2D eigenvalue weighted by Gasteiger charge is 2.39. The second-order valence-corrected chi connectivity index (χ2v) is 4.39. The van der Waals surface area contributed by atoms with E-state index in [9.17, 15) is 4.79 Å². The Balaban J connectivity index is 1.97. The summed E-state index contributed by atoms with van der Waals surface area (Å²) in [6, 6.07) is 0.547. The maximum atomic E-state index is 11.2. The maximum Gasteiger partial charge on any atom is 0.234 e. The zero-order valence-corrected chi connectivity index (χ0v) is 8.70. The van der Waals surface area contributed by atoms with Gasteiger partial charge in [0.1, 0.15) is 0 Å². The number of likely N-dealkylation sites (tertiary alicyclic amines) is 1. The fourth-order valence-corrected chi connectivity index (χ4v) is 2.78. The van der Waals surface area contributed by atoms with E-state index in [1.807, 2.05) is 6.92 Å². The van der Waals surface area contributed by atoms with Crippen molar-refractivity contribution in [2.45, 2.75) is 31.8 Å². The Kier molecular flexibility index (Phi) is 2.74. The Labute approximate surface area is 84.8 Å². The van der Waals surface area contributed by atoms with Crippen LogP contribution >= 0.6 is 0 Å². The van der Waals surface area contributed by atoms with E-state index >= 15 is 0 Å². The van der Waals surface area contributed by atoms with E-state index in [0.717, 1.165) is 32.0 Å². The molecular formula is C10H19N3O. The van der Waals surface area contributed by atoms with Crippen LogP contribution < -0.4 is 11.1 Å². The molecule has 2 fully saturated rings. The minimum atomic E-state index is -0.174. The molecule has 0 aromatic carbocycles. The number of nitrogens with one attached hydrogen (secondary N) is 1. The van der Waals surface area contributed by atoms with Crippen molar-refractivity contribution < 1.29 is 4.79 Å². The van der Waals surface area contributed by atoms with Gasteiger partial charge in [-0.15, -0.1) is 0 Å². The predicted octanol–water partition coefficient (Wildman–Crippen LogP) is -0.456. The standard InChI is InChI=1S/C10H19N3O/c1-2-9(10(11)14)13-5-7-3-4-12-8(7)6-13/h7-9,12H,2-6H2,1H3,(H2,11,14). The molecule has 0 aliphatic carbocycles. The van der Waals surface area contributed by atoms with Crippen LogP contribution in [0.15, 0.2) is 0 Å². The fourth-order valence-electron chi connectivity index (χ4n) is 2.78. The molecule has 2 heterocycles. The first kappa shape index (κ1) is 9.93. The lowest BCUT2D eigenvalue weighted by Crippen LogP contribution is -2.44. The van der Waals surface area contributed by atoms with Gasteiger partial charge >= 0.3 is 0 Å². The van der Waals surface area contributed by atoms with Crippen LogP contribution in [-0.2, 0) is 4.79 Å². The van der Waals surface area contributed by atoms with Crippen LogP contribution in [0.3, 0.4) is 0 Å². The van der Waals surface area contributed by atoms with Crippen molar-refractivity contribution in [3.8, 4) is 0 Å². The number of fused-ring (bicyclic) bond motifs is 1. The minimum absolute atomic E-state index is 0.0533. The number of hydrogen-bond donors (Lipinski definition) is 2. The third-order valence-corrected chi connectivity index (χ3v) is 3.55. The van der Waals surface area contributed by atoms with Crippen molar-refractivity contribution in [2.24, 2.45) is 11.7 Å². The molecule has 0 radical (unpaired) electrons. The lowest BCUT2D eigenvalue weighted by molar-refractivity contribution is -0.123. The van der Waals surface area contributed by atoms with E-state index in [4.69, 9.17) is 5.73 Å². The molecule has 2 aliphatic rings. The molecule has 3 unspecified atom stereocenters. The van der Waals surface area contributed by atoms with Gasteiger partial charge in [0.2, 0.25) is 5.91 Å². The summed E-state index contributed by atoms with van der Waals surface area (Å²) in [6.45, 7) is 5.19. The number of hydrogen-bond acceptors (Lipinski definition) is 3. The van der Waals surface area contributed by atoms with Gasteiger partial charge in [0.15, 0.2) is 0 Å². The van der Waals surface area contributed by atoms with Gasteiger partial charge < -0.3 is 11.1 Å². The summed E-state index contributed by atoms with van der Waals surface area (Å²) in [5, 5.41) is 3.47. The van der Waals surface area contributed by atoms with E-state index in [1.54, 1.807) is 0 Å². The van der Waals surface area contributed by atoms with Gasteiger partial charge in [0.05, 0.1) is 6.04 Å². The molecule has 2 rings (SSSR count). The van der Waals surface area contributed by atoms with Gasteiger partial charge in [-0.3, -0.25) is 9.69 Å². The number of nitrogens with two attached hydrogens (primary N) is 1. The van der Waals surface area contributed by atoms with Gasteiger partial charge in [-0.05, 0) is 25.3 Å². The number of nitrogens with zero attached hydrogens (tertiary/aromatic N) is 1. The lowest BCUT2D eigenvalue weighted by Gasteiger charge is -2.24. The van der Waals surface area contributed by atoms with Crippen molar-refractivity contribution in [3.63, 3.8) is 0 Å². The zero-order valence-electron chi connectivity index (χ0n) is 8.70. The summed E-state index contributed by atoms with van der Waals surface area (Å²) < 4.78 is 0. The van der Waals surface area contributed by atoms with Gasteiger partial charge in [-0.1, -0.05) is 6.92 Å². The molecular weight excluding hydrogens is 178 g/mol. The van der Waals surface area contributed by atoms with Crippen LogP contribution in [0.1, 0.15) is 19.8 Å². The molecule has 0 aromatic heterocycles. The average Bonchev–Trinajstić information content (AvgIpc) is 2.63. The molecule has 2 saturated heterocycles. The predicted molar refractivity (Wildman–Crippen MR) is 54.7 cm³/mol. The first-order valence-corrected chi connectivity index (χ1v) is 5.49. The number of carbonyl (C=O) groups excluding carboxylic acids is 1. The normalized spacial score (nSPS) is 34.4. The number of primary amides is 1. The monoisotopic (exact) mass is 197 g/mol. The van der Waals surface area contributed by atoms with E-state index in [0.29, 0.717) is 6.04 Å². The Morgan fingerprint density at radius 3 is 3.00 bits per heavy atom. The third kappa shape index (κ3) is 1.64. The first-order valence-electron chi connectivity index (χ1n) is 5.49. The summed E-state index contributed by atoms with van der Waals surface area (Å²) in [6.07, 6.45) is 2.07. The summed E-state index contributed by atoms with van der Waals surface area (Å²) in [5.41, 5.74) is 5.38. The molecule has 0 spiro atoms. The van der Waals surface area contributed by atoms with Crippen molar-refractivity contribution in [1.82, 2.24) is 10.2 Å². The van der Waals surface area contributed by atoms with Gasteiger partial charge in [0.25, 0.3) is 0 Å². The molecule has 14 heavy (non-hydrogen) atoms. The quantitative estimate of drug-likeness (QED) is 0.644. The van der Waals surface area contributed by atoms with Crippen LogP contribution in [0.4, 0.5) is 0 Å². The molecule has 4 nitrogen and oxygen atoms in total. The first-order chi connectivity index (χ1) is 6.72. The van der Waals surface area contributed by atoms with Gasteiger partial charge in [0, 0.05) is 19.1 Å². The molecule has 4 heteroatoms. The number of carbonyl (C=O) groups is 1. The lowest BCUT2D eigenvalue weighted by atomic mass is 10.1. The van der Waals surface area contributed by atoms with E-state index in [1.165, 1.54) is 6.42 Å². The molecule has 0 bridgehead atoms. The molecule has 1 amide bonds. The summed E-state index contributed by atoms with van der Waals surface area (Å²) in [5.74, 6) is 0.566. The van der Waals surface area contributed by atoms with Crippen molar-refractivity contribution in [2.75, 3.05) is 19.6 Å². The number of amides is 1. The Morgan fingerprint density at radius 2 is 2.43 bits per heavy atom. The molecule has 0 aromatic rings. The molecule has 3 N–H and O–H groups in total. The van der Waals surface area contributed by atoms with Crippen molar-refractivity contribution in [1.29, 1.82) is 0 Å². The topological polar surface area (TPSA) is 58.4 Å². The van der Waals surface area contributed by atoms with Crippen LogP contribution in [0.5, 0.6) is 0 Å². The average molecular weight is 197 g/mol. The van der Waals surface area contributed by atoms with Crippen molar-refractivity contribution >= 4 is 5.91 Å². The van der Waals surface area contributed by atoms with Crippen LogP contribution in [0, 0.1) is 5.92 Å². The molecule has 2 aliphatic heterocycles. The molecule has 80 valence electrons. The second kappa shape index (κ2) is 3.87. The Bertz CT molecular complexity index is 219. The van der Waals surface area contributed by atoms with Gasteiger partial charge in [-0.25, -0.2) is 0 Å². The maximum absolute atomic E-state index is 11.2. The van der Waals surface area contributed by atoms with E-state index in [2.05, 4.69) is 10.2 Å². The third-order valence-electron chi connectivity index (χ3n) is 3.55. The Morgan fingerprint density at radius 1 is 1.64 bits per heavy atom. The minimum Gasteiger partial charge on any atom is -0.368 e. The fraction of sp³-hybridized carbons (Fsp3) is 0.900. The second-order valence-electron chi connectivity index (χ2n) is 4.39. The zero-order chi connectivity index (χ0) is 10.1. The number of rotatable bonds is 3. The highest BCUT2D eigenvalue weighted by molar-refractivity contribution is 5.79. The van der Waals surface area contributed by atoms with E-state index < -0.39 is 0 Å². The largest absolute Gasteiger partial charge is 0.368 e. The smallest absolute Gasteiger partial charge is 0.234 e. The highest BCUT2D eigenvalue weighted by Crippen LogP contribution is 2.26. The SMILES string of the molecule is CCC(C(N)=O)N1CC2CCNC2C1. The summed E-state index contributed by atoms with van der Waals surface area (Å²) >= 11 is 0. The van der Waals surface area contributed by atoms with Crippen LogP contribution in [0.2, 0.25) is 0 Å².